The third-order valence-corrected chi connectivity index (χ3v) is 14.0. The van der Waals surface area contributed by atoms with Gasteiger partial charge in [-0.05, 0) is 85.1 Å². The van der Waals surface area contributed by atoms with Crippen molar-refractivity contribution in [3.05, 3.63) is 188 Å². The average molecular weight is 778 g/mol. The molecule has 0 fully saturated rings. The van der Waals surface area contributed by atoms with Gasteiger partial charge in [0.15, 0.2) is 5.82 Å². The number of rotatable bonds is 3. The van der Waals surface area contributed by atoms with E-state index in [1.165, 1.54) is 85.9 Å². The maximum Gasteiger partial charge on any atom is 0.165 e. The normalized spacial score (nSPS) is 12.3. The minimum Gasteiger partial charge on any atom is -0.292 e. The smallest absolute Gasteiger partial charge is 0.165 e. The zero-order chi connectivity index (χ0) is 39.1. The maximum absolute atomic E-state index is 5.76. The summed E-state index contributed by atoms with van der Waals surface area (Å²) in [6.45, 7) is 0. The van der Waals surface area contributed by atoms with Crippen LogP contribution in [0.2, 0.25) is 0 Å². The van der Waals surface area contributed by atoms with Crippen LogP contribution in [0.5, 0.6) is 0 Å². The molecule has 4 heteroatoms. The van der Waals surface area contributed by atoms with Gasteiger partial charge < -0.3 is 0 Å². The molecule has 1 aliphatic rings. The third kappa shape index (κ3) is 4.38. The second kappa shape index (κ2) is 12.0. The molecule has 3 aromatic heterocycles. The van der Waals surface area contributed by atoms with E-state index in [9.17, 15) is 0 Å². The average Bonchev–Trinajstić information content (AvgIpc) is 3.81. The Balaban J connectivity index is 1.14. The Morgan fingerprint density at radius 3 is 1.97 bits per heavy atom. The van der Waals surface area contributed by atoms with Crippen molar-refractivity contribution in [1.29, 1.82) is 0 Å². The van der Waals surface area contributed by atoms with Crippen molar-refractivity contribution in [2.45, 2.75) is 0 Å². The van der Waals surface area contributed by atoms with Crippen LogP contribution in [0, 0.1) is 0 Å². The van der Waals surface area contributed by atoms with E-state index in [2.05, 4.69) is 193 Å². The molecular weight excluding hydrogens is 747 g/mol. The summed E-state index contributed by atoms with van der Waals surface area (Å²) in [5, 5.41) is 12.4. The first-order valence-electron chi connectivity index (χ1n) is 20.5. The van der Waals surface area contributed by atoms with Crippen molar-refractivity contribution in [2.75, 3.05) is 0 Å². The molecule has 1 aliphatic carbocycles. The van der Waals surface area contributed by atoms with Gasteiger partial charge in [-0.2, -0.15) is 0 Å². The van der Waals surface area contributed by atoms with E-state index in [0.29, 0.717) is 0 Å². The lowest BCUT2D eigenvalue weighted by Crippen LogP contribution is -2.04. The molecule has 3 nitrogen and oxygen atoms in total. The van der Waals surface area contributed by atoms with Crippen molar-refractivity contribution in [3.63, 3.8) is 0 Å². The fourth-order valence-corrected chi connectivity index (χ4v) is 11.4. The second-order valence-electron chi connectivity index (χ2n) is 16.1. The Morgan fingerprint density at radius 2 is 1.07 bits per heavy atom. The van der Waals surface area contributed by atoms with E-state index >= 15 is 0 Å². The first kappa shape index (κ1) is 32.3. The van der Waals surface area contributed by atoms with Gasteiger partial charge in [0.1, 0.15) is 5.69 Å². The molecule has 3 heterocycles. The van der Waals surface area contributed by atoms with E-state index in [1.54, 1.807) is 0 Å². The number of benzene rings is 10. The van der Waals surface area contributed by atoms with E-state index < -0.39 is 0 Å². The van der Waals surface area contributed by atoms with Crippen LogP contribution in [0.1, 0.15) is 0 Å². The number of aromatic nitrogens is 3. The summed E-state index contributed by atoms with van der Waals surface area (Å²) in [7, 11) is 0. The molecule has 0 spiro atoms. The molecule has 0 atom stereocenters. The Bertz CT molecular complexity index is 4000. The Hall–Kier alpha value is -7.66. The largest absolute Gasteiger partial charge is 0.292 e. The highest BCUT2D eigenvalue weighted by Gasteiger charge is 2.29. The van der Waals surface area contributed by atoms with Crippen LogP contribution in [0.15, 0.2) is 188 Å². The minimum atomic E-state index is 0.828. The second-order valence-corrected chi connectivity index (χ2v) is 17.1. The van der Waals surface area contributed by atoms with Crippen molar-refractivity contribution in [3.8, 4) is 50.5 Å². The van der Waals surface area contributed by atoms with Gasteiger partial charge in [0.05, 0.1) is 22.1 Å². The van der Waals surface area contributed by atoms with Crippen LogP contribution < -0.4 is 0 Å². The zero-order valence-electron chi connectivity index (χ0n) is 32.1. The molecule has 10 aromatic carbocycles. The molecule has 0 N–H and O–H groups in total. The summed E-state index contributed by atoms with van der Waals surface area (Å²) in [6, 6.07) is 68.7. The SMILES string of the molecule is c1ccc2c(c1)-c1cccc3ccc4c(c13)c1c-2c2c(cc1n4-c1nc3c(ccc4ccccc43)nc1-c1ccc(-c3ccc4ccccc4c3)cc1)sc1ccccc12. The number of thiophene rings is 1. The van der Waals surface area contributed by atoms with Crippen LogP contribution in [-0.2, 0) is 0 Å². The fourth-order valence-electron chi connectivity index (χ4n) is 10.2. The van der Waals surface area contributed by atoms with Gasteiger partial charge >= 0.3 is 0 Å². The Kier molecular flexibility index (Phi) is 6.44. The number of hydrogen-bond acceptors (Lipinski definition) is 3. The Labute approximate surface area is 348 Å². The van der Waals surface area contributed by atoms with E-state index in [0.717, 1.165) is 49.9 Å². The monoisotopic (exact) mass is 777 g/mol. The predicted octanol–water partition coefficient (Wildman–Crippen LogP) is 15.5. The third-order valence-electron chi connectivity index (χ3n) is 12.9. The van der Waals surface area contributed by atoms with Crippen molar-refractivity contribution in [1.82, 2.24) is 14.5 Å². The van der Waals surface area contributed by atoms with Crippen molar-refractivity contribution < 1.29 is 0 Å². The van der Waals surface area contributed by atoms with Gasteiger partial charge in [0.25, 0.3) is 0 Å². The van der Waals surface area contributed by atoms with Gasteiger partial charge in [-0.25, -0.2) is 9.97 Å². The van der Waals surface area contributed by atoms with Crippen LogP contribution in [0.3, 0.4) is 0 Å². The van der Waals surface area contributed by atoms with Crippen LogP contribution >= 0.6 is 11.3 Å². The lowest BCUT2D eigenvalue weighted by atomic mass is 9.91. The fraction of sp³-hybridized carbons (Fsp3) is 0. The number of nitrogens with zero attached hydrogens (tertiary/aromatic N) is 3. The minimum absolute atomic E-state index is 0.828. The molecule has 14 rings (SSSR count). The zero-order valence-corrected chi connectivity index (χ0v) is 33.0. The van der Waals surface area contributed by atoms with E-state index in [4.69, 9.17) is 9.97 Å². The summed E-state index contributed by atoms with van der Waals surface area (Å²) >= 11 is 1.87. The topological polar surface area (TPSA) is 30.7 Å². The molecule has 0 saturated heterocycles. The molecular formula is C56H31N3S. The van der Waals surface area contributed by atoms with Gasteiger partial charge in [-0.3, -0.25) is 4.57 Å². The molecule has 276 valence electrons. The molecule has 0 bridgehead atoms. The van der Waals surface area contributed by atoms with Gasteiger partial charge in [0, 0.05) is 47.5 Å². The lowest BCUT2D eigenvalue weighted by molar-refractivity contribution is 1.08. The van der Waals surface area contributed by atoms with E-state index in [-0.39, 0.29) is 0 Å². The maximum atomic E-state index is 5.76. The van der Waals surface area contributed by atoms with Gasteiger partial charge in [-0.15, -0.1) is 11.3 Å². The summed E-state index contributed by atoms with van der Waals surface area (Å²) in [6.07, 6.45) is 0. The van der Waals surface area contributed by atoms with E-state index in [1.807, 2.05) is 11.3 Å². The van der Waals surface area contributed by atoms with Crippen molar-refractivity contribution in [2.24, 2.45) is 0 Å². The summed E-state index contributed by atoms with van der Waals surface area (Å²) in [5.41, 5.74) is 13.4. The molecule has 0 radical (unpaired) electrons. The summed E-state index contributed by atoms with van der Waals surface area (Å²) in [4.78, 5) is 11.3. The highest BCUT2D eigenvalue weighted by molar-refractivity contribution is 7.26. The molecule has 0 amide bonds. The molecule has 0 aliphatic heterocycles. The Morgan fingerprint density at radius 1 is 0.383 bits per heavy atom. The molecule has 60 heavy (non-hydrogen) atoms. The number of hydrogen-bond donors (Lipinski definition) is 0. The summed E-state index contributed by atoms with van der Waals surface area (Å²) < 4.78 is 4.99. The van der Waals surface area contributed by atoms with Crippen LogP contribution in [0.4, 0.5) is 0 Å². The molecule has 0 saturated carbocycles. The van der Waals surface area contributed by atoms with Crippen molar-refractivity contribution >= 4 is 96.7 Å². The first-order valence-corrected chi connectivity index (χ1v) is 21.3. The standard InChI is InChI=1S/C56H31N3S/c1-2-12-37-30-38(25-22-32(37)10-1)33-20-23-36(24-21-33)54-56(58-55-39-14-4-3-11-34(39)26-28-44(55)57-54)59-45-29-27-35-13-9-18-41-40-15-5-6-16-42(40)51-50-43-17-7-8-19-47(43)60-48(50)31-46(59)53(51)52(45)49(35)41/h1-31H. The lowest BCUT2D eigenvalue weighted by Gasteiger charge is -2.17. The number of fused-ring (bicyclic) bond motifs is 11. The first-order chi connectivity index (χ1) is 29.7. The van der Waals surface area contributed by atoms with Crippen LogP contribution in [-0.4, -0.2) is 14.5 Å². The molecule has 0 unspecified atom stereocenters. The van der Waals surface area contributed by atoms with Gasteiger partial charge in [0.2, 0.25) is 0 Å². The molecule has 13 aromatic rings. The highest BCUT2D eigenvalue weighted by Crippen LogP contribution is 2.54. The summed E-state index contributed by atoms with van der Waals surface area (Å²) in [5.74, 6) is 0.828. The van der Waals surface area contributed by atoms with Gasteiger partial charge in [-0.1, -0.05) is 158 Å². The predicted molar refractivity (Wildman–Crippen MR) is 255 cm³/mol. The highest BCUT2D eigenvalue weighted by atomic mass is 32.1. The quantitative estimate of drug-likeness (QED) is 0.167. The van der Waals surface area contributed by atoms with Crippen LogP contribution in [0.25, 0.3) is 136 Å².